The summed E-state index contributed by atoms with van der Waals surface area (Å²) < 4.78 is 0. The largest absolute Gasteiger partial charge is 0.342 e. The van der Waals surface area contributed by atoms with Crippen molar-refractivity contribution in [3.8, 4) is 0 Å². The van der Waals surface area contributed by atoms with Crippen LogP contribution in [0.2, 0.25) is 0 Å². The van der Waals surface area contributed by atoms with Crippen LogP contribution in [-0.2, 0) is 4.79 Å². The van der Waals surface area contributed by atoms with E-state index in [-0.39, 0.29) is 5.91 Å². The molecule has 0 saturated heterocycles. The van der Waals surface area contributed by atoms with Crippen LogP contribution in [0.1, 0.15) is 33.6 Å². The Morgan fingerprint density at radius 1 is 1.27 bits per heavy atom. The molecule has 0 radical (unpaired) electrons. The molecule has 1 rings (SSSR count). The second-order valence-electron chi connectivity index (χ2n) is 5.09. The van der Waals surface area contributed by atoms with Crippen molar-refractivity contribution in [3.63, 3.8) is 0 Å². The highest BCUT2D eigenvalue weighted by atomic mass is 16.2. The fraction of sp³-hybridized carbons (Fsp3) is 0.917. The van der Waals surface area contributed by atoms with Crippen LogP contribution < -0.4 is 0 Å². The Labute approximate surface area is 93.4 Å². The van der Waals surface area contributed by atoms with Crippen molar-refractivity contribution in [2.24, 2.45) is 5.92 Å². The lowest BCUT2D eigenvalue weighted by Crippen LogP contribution is -2.43. The highest BCUT2D eigenvalue weighted by Gasteiger charge is 2.31. The van der Waals surface area contributed by atoms with Crippen LogP contribution in [-0.4, -0.2) is 48.4 Å². The molecule has 15 heavy (non-hydrogen) atoms. The number of carbonyl (C=O) groups excluding carboxylic acids is 1. The third kappa shape index (κ3) is 3.49. The van der Waals surface area contributed by atoms with Crippen LogP contribution >= 0.6 is 0 Å². The van der Waals surface area contributed by atoms with Gasteiger partial charge in [0.1, 0.15) is 0 Å². The molecule has 1 saturated carbocycles. The van der Waals surface area contributed by atoms with Gasteiger partial charge in [0.2, 0.25) is 5.91 Å². The Kier molecular flexibility index (Phi) is 4.14. The monoisotopic (exact) mass is 212 g/mol. The van der Waals surface area contributed by atoms with Gasteiger partial charge in [0.25, 0.3) is 0 Å². The van der Waals surface area contributed by atoms with Crippen molar-refractivity contribution in [1.82, 2.24) is 9.80 Å². The molecule has 1 aliphatic rings. The molecule has 0 aromatic rings. The number of nitrogens with zero attached hydrogens (tertiary/aromatic N) is 2. The summed E-state index contributed by atoms with van der Waals surface area (Å²) in [5.74, 6) is 1.05. The summed E-state index contributed by atoms with van der Waals surface area (Å²) >= 11 is 0. The number of carbonyl (C=O) groups is 1. The number of hydrogen-bond acceptors (Lipinski definition) is 2. The SMILES string of the molecule is CC(C1CC1)N(C)CC(=O)N(C)C(C)C. The van der Waals surface area contributed by atoms with Crippen molar-refractivity contribution < 1.29 is 4.79 Å². The van der Waals surface area contributed by atoms with Gasteiger partial charge in [0, 0.05) is 19.1 Å². The fourth-order valence-electron chi connectivity index (χ4n) is 1.70. The minimum Gasteiger partial charge on any atom is -0.342 e. The summed E-state index contributed by atoms with van der Waals surface area (Å²) in [7, 11) is 3.93. The molecule has 1 amide bonds. The van der Waals surface area contributed by atoms with E-state index >= 15 is 0 Å². The van der Waals surface area contributed by atoms with E-state index in [0.717, 1.165) is 5.92 Å². The Balaban J connectivity index is 2.36. The van der Waals surface area contributed by atoms with Gasteiger partial charge < -0.3 is 4.90 Å². The van der Waals surface area contributed by atoms with Crippen LogP contribution in [0.25, 0.3) is 0 Å². The summed E-state index contributed by atoms with van der Waals surface area (Å²) in [6.07, 6.45) is 2.67. The van der Waals surface area contributed by atoms with E-state index in [9.17, 15) is 4.79 Å². The van der Waals surface area contributed by atoms with Crippen LogP contribution in [0.4, 0.5) is 0 Å². The first-order chi connectivity index (χ1) is 6.93. The van der Waals surface area contributed by atoms with Crippen LogP contribution in [0, 0.1) is 5.92 Å². The molecule has 0 bridgehead atoms. The molecule has 0 aromatic heterocycles. The van der Waals surface area contributed by atoms with Gasteiger partial charge in [-0.05, 0) is 46.6 Å². The maximum absolute atomic E-state index is 11.8. The standard InChI is InChI=1S/C12H24N2O/c1-9(2)14(5)12(15)8-13(4)10(3)11-6-7-11/h9-11H,6-8H2,1-5H3. The molecule has 0 N–H and O–H groups in total. The maximum Gasteiger partial charge on any atom is 0.236 e. The van der Waals surface area contributed by atoms with Gasteiger partial charge in [-0.1, -0.05) is 0 Å². The smallest absolute Gasteiger partial charge is 0.236 e. The Morgan fingerprint density at radius 2 is 1.80 bits per heavy atom. The number of hydrogen-bond donors (Lipinski definition) is 0. The van der Waals surface area contributed by atoms with Gasteiger partial charge >= 0.3 is 0 Å². The van der Waals surface area contributed by atoms with E-state index in [4.69, 9.17) is 0 Å². The lowest BCUT2D eigenvalue weighted by molar-refractivity contribution is -0.132. The predicted molar refractivity (Wildman–Crippen MR) is 62.7 cm³/mol. The van der Waals surface area contributed by atoms with E-state index < -0.39 is 0 Å². The molecular formula is C12H24N2O. The second kappa shape index (κ2) is 4.97. The first-order valence-corrected chi connectivity index (χ1v) is 5.89. The fourth-order valence-corrected chi connectivity index (χ4v) is 1.70. The Morgan fingerprint density at radius 3 is 2.20 bits per heavy atom. The van der Waals surface area contributed by atoms with Gasteiger partial charge in [-0.15, -0.1) is 0 Å². The zero-order chi connectivity index (χ0) is 11.6. The Bertz CT molecular complexity index is 224. The normalized spacial score (nSPS) is 18.3. The van der Waals surface area contributed by atoms with E-state index in [0.29, 0.717) is 18.6 Å². The molecular weight excluding hydrogens is 188 g/mol. The molecule has 88 valence electrons. The zero-order valence-corrected chi connectivity index (χ0v) is 10.7. The minimum atomic E-state index is 0.222. The van der Waals surface area contributed by atoms with Gasteiger partial charge in [0.15, 0.2) is 0 Å². The van der Waals surface area contributed by atoms with Crippen LogP contribution in [0.15, 0.2) is 0 Å². The molecule has 0 aliphatic heterocycles. The lowest BCUT2D eigenvalue weighted by Gasteiger charge is -2.28. The highest BCUT2D eigenvalue weighted by molar-refractivity contribution is 5.78. The minimum absolute atomic E-state index is 0.222. The highest BCUT2D eigenvalue weighted by Crippen LogP contribution is 2.34. The quantitative estimate of drug-likeness (QED) is 0.691. The molecule has 0 aromatic carbocycles. The lowest BCUT2D eigenvalue weighted by atomic mass is 10.2. The van der Waals surface area contributed by atoms with Crippen LogP contribution in [0.5, 0.6) is 0 Å². The zero-order valence-electron chi connectivity index (χ0n) is 10.7. The molecule has 1 fully saturated rings. The van der Waals surface area contributed by atoms with Crippen molar-refractivity contribution in [3.05, 3.63) is 0 Å². The van der Waals surface area contributed by atoms with Crippen molar-refractivity contribution in [1.29, 1.82) is 0 Å². The second-order valence-corrected chi connectivity index (χ2v) is 5.09. The van der Waals surface area contributed by atoms with Gasteiger partial charge in [-0.3, -0.25) is 9.69 Å². The van der Waals surface area contributed by atoms with Crippen molar-refractivity contribution in [2.75, 3.05) is 20.6 Å². The molecule has 1 unspecified atom stereocenters. The summed E-state index contributed by atoms with van der Waals surface area (Å²) in [5.41, 5.74) is 0. The molecule has 1 aliphatic carbocycles. The third-order valence-corrected chi connectivity index (χ3v) is 3.55. The molecule has 1 atom stereocenters. The first kappa shape index (κ1) is 12.5. The van der Waals surface area contributed by atoms with E-state index in [1.165, 1.54) is 12.8 Å². The predicted octanol–water partition coefficient (Wildman–Crippen LogP) is 1.58. The third-order valence-electron chi connectivity index (χ3n) is 3.55. The molecule has 0 spiro atoms. The average molecular weight is 212 g/mol. The summed E-state index contributed by atoms with van der Waals surface area (Å²) in [6.45, 7) is 6.86. The van der Waals surface area contributed by atoms with Crippen molar-refractivity contribution >= 4 is 5.91 Å². The molecule has 3 heteroatoms. The van der Waals surface area contributed by atoms with E-state index in [1.807, 2.05) is 25.8 Å². The average Bonchev–Trinajstić information content (AvgIpc) is 2.98. The van der Waals surface area contributed by atoms with E-state index in [1.54, 1.807) is 0 Å². The van der Waals surface area contributed by atoms with E-state index in [2.05, 4.69) is 18.9 Å². The number of amides is 1. The summed E-state index contributed by atoms with van der Waals surface area (Å²) in [5, 5.41) is 0. The van der Waals surface area contributed by atoms with Gasteiger partial charge in [-0.2, -0.15) is 0 Å². The topological polar surface area (TPSA) is 23.6 Å². The molecule has 3 nitrogen and oxygen atoms in total. The van der Waals surface area contributed by atoms with Gasteiger partial charge in [-0.25, -0.2) is 0 Å². The van der Waals surface area contributed by atoms with Crippen LogP contribution in [0.3, 0.4) is 0 Å². The maximum atomic E-state index is 11.8. The van der Waals surface area contributed by atoms with Gasteiger partial charge in [0.05, 0.1) is 6.54 Å². The number of likely N-dealkylation sites (N-methyl/N-ethyl adjacent to an activating group) is 2. The number of rotatable bonds is 5. The van der Waals surface area contributed by atoms with Crippen molar-refractivity contribution in [2.45, 2.75) is 45.7 Å². The first-order valence-electron chi connectivity index (χ1n) is 5.89. The summed E-state index contributed by atoms with van der Waals surface area (Å²) in [4.78, 5) is 15.8. The molecule has 0 heterocycles. The summed E-state index contributed by atoms with van der Waals surface area (Å²) in [6, 6.07) is 0.844. The Hall–Kier alpha value is -0.570.